The number of aliphatic carboxylic acids is 1. The Morgan fingerprint density at radius 2 is 2.06 bits per heavy atom. The lowest BCUT2D eigenvalue weighted by Crippen LogP contribution is -2.33. The molecule has 4 heteroatoms. The molecular formula is C12H12NO3-. The molecule has 0 unspecified atom stereocenters. The van der Waals surface area contributed by atoms with E-state index < -0.39 is 11.9 Å². The smallest absolute Gasteiger partial charge is 0.223 e. The van der Waals surface area contributed by atoms with Crippen LogP contribution in [0.1, 0.15) is 12.0 Å². The SMILES string of the molecule is O=C([O-])[C@H]1CC(=O)N(Cc2ccccc2)C1. The number of hydrogen-bond donors (Lipinski definition) is 0. The molecular weight excluding hydrogens is 206 g/mol. The van der Waals surface area contributed by atoms with E-state index in [1.165, 1.54) is 0 Å². The molecule has 1 aromatic carbocycles. The van der Waals surface area contributed by atoms with Crippen molar-refractivity contribution in [2.45, 2.75) is 13.0 Å². The number of carbonyl (C=O) groups excluding carboxylic acids is 2. The fourth-order valence-electron chi connectivity index (χ4n) is 1.89. The number of benzene rings is 1. The summed E-state index contributed by atoms with van der Waals surface area (Å²) < 4.78 is 0. The summed E-state index contributed by atoms with van der Waals surface area (Å²) >= 11 is 0. The zero-order chi connectivity index (χ0) is 11.5. The van der Waals surface area contributed by atoms with Crippen LogP contribution < -0.4 is 5.11 Å². The summed E-state index contributed by atoms with van der Waals surface area (Å²) in [4.78, 5) is 23.7. The predicted octanol–water partition coefficient (Wildman–Crippen LogP) is -0.215. The largest absolute Gasteiger partial charge is 0.550 e. The van der Waals surface area contributed by atoms with Gasteiger partial charge in [0.1, 0.15) is 0 Å². The Hall–Kier alpha value is -1.84. The van der Waals surface area contributed by atoms with Crippen molar-refractivity contribution < 1.29 is 14.7 Å². The number of carboxylic acids is 1. The summed E-state index contributed by atoms with van der Waals surface area (Å²) in [6.45, 7) is 0.736. The zero-order valence-electron chi connectivity index (χ0n) is 8.76. The molecule has 1 aromatic rings. The van der Waals surface area contributed by atoms with Crippen LogP contribution in [0.3, 0.4) is 0 Å². The van der Waals surface area contributed by atoms with Crippen LogP contribution in [0, 0.1) is 5.92 Å². The van der Waals surface area contributed by atoms with Crippen molar-refractivity contribution in [3.8, 4) is 0 Å². The summed E-state index contributed by atoms with van der Waals surface area (Å²) in [5.41, 5.74) is 1.01. The van der Waals surface area contributed by atoms with Crippen LogP contribution in [-0.2, 0) is 16.1 Å². The van der Waals surface area contributed by atoms with Crippen molar-refractivity contribution in [2.75, 3.05) is 6.54 Å². The molecule has 2 rings (SSSR count). The number of rotatable bonds is 3. The summed E-state index contributed by atoms with van der Waals surface area (Å²) in [5.74, 6) is -1.90. The Balaban J connectivity index is 2.02. The molecule has 1 fully saturated rings. The summed E-state index contributed by atoms with van der Waals surface area (Å²) in [5, 5.41) is 10.7. The van der Waals surface area contributed by atoms with Gasteiger partial charge in [0.05, 0.1) is 0 Å². The monoisotopic (exact) mass is 218 g/mol. The van der Waals surface area contributed by atoms with Gasteiger partial charge in [-0.1, -0.05) is 30.3 Å². The maximum atomic E-state index is 11.5. The minimum absolute atomic E-state index is 0.0646. The Morgan fingerprint density at radius 3 is 2.62 bits per heavy atom. The van der Waals surface area contributed by atoms with Crippen molar-refractivity contribution in [3.05, 3.63) is 35.9 Å². The molecule has 16 heavy (non-hydrogen) atoms. The fourth-order valence-corrected chi connectivity index (χ4v) is 1.89. The highest BCUT2D eigenvalue weighted by Gasteiger charge is 2.29. The van der Waals surface area contributed by atoms with Crippen molar-refractivity contribution in [2.24, 2.45) is 5.92 Å². The van der Waals surface area contributed by atoms with Gasteiger partial charge in [0, 0.05) is 31.4 Å². The highest BCUT2D eigenvalue weighted by atomic mass is 16.4. The molecule has 0 bridgehead atoms. The van der Waals surface area contributed by atoms with Crippen LogP contribution in [0.4, 0.5) is 0 Å². The minimum Gasteiger partial charge on any atom is -0.550 e. The molecule has 0 N–H and O–H groups in total. The average molecular weight is 218 g/mol. The summed E-state index contributed by atoms with van der Waals surface area (Å²) in [6.07, 6.45) is 0.0646. The van der Waals surface area contributed by atoms with E-state index in [0.717, 1.165) is 5.56 Å². The number of likely N-dealkylation sites (tertiary alicyclic amines) is 1. The Kier molecular flexibility index (Phi) is 2.90. The summed E-state index contributed by atoms with van der Waals surface area (Å²) in [6, 6.07) is 9.52. The molecule has 0 spiro atoms. The normalized spacial score (nSPS) is 20.1. The van der Waals surface area contributed by atoms with Gasteiger partial charge in [0.2, 0.25) is 5.91 Å². The number of carbonyl (C=O) groups is 2. The van der Waals surface area contributed by atoms with E-state index in [4.69, 9.17) is 0 Å². The van der Waals surface area contributed by atoms with E-state index in [-0.39, 0.29) is 18.9 Å². The van der Waals surface area contributed by atoms with Crippen LogP contribution in [-0.4, -0.2) is 23.3 Å². The number of nitrogens with zero attached hydrogens (tertiary/aromatic N) is 1. The van der Waals surface area contributed by atoms with Gasteiger partial charge in [-0.3, -0.25) is 4.79 Å². The van der Waals surface area contributed by atoms with Crippen LogP contribution in [0.15, 0.2) is 30.3 Å². The van der Waals surface area contributed by atoms with E-state index >= 15 is 0 Å². The maximum Gasteiger partial charge on any atom is 0.223 e. The quantitative estimate of drug-likeness (QED) is 0.705. The third-order valence-corrected chi connectivity index (χ3v) is 2.76. The number of hydrogen-bond acceptors (Lipinski definition) is 3. The second-order valence-corrected chi connectivity index (χ2v) is 3.98. The molecule has 1 aliphatic rings. The first-order valence-corrected chi connectivity index (χ1v) is 5.19. The average Bonchev–Trinajstić information content (AvgIpc) is 2.62. The standard InChI is InChI=1S/C12H13NO3/c14-11-6-10(12(15)16)8-13(11)7-9-4-2-1-3-5-9/h1-5,10H,6-8H2,(H,15,16)/p-1/t10-/m0/s1. The fraction of sp³-hybridized carbons (Fsp3) is 0.333. The molecule has 1 heterocycles. The highest BCUT2D eigenvalue weighted by molar-refractivity contribution is 5.85. The first-order chi connectivity index (χ1) is 7.66. The van der Waals surface area contributed by atoms with E-state index in [9.17, 15) is 14.7 Å². The highest BCUT2D eigenvalue weighted by Crippen LogP contribution is 2.19. The molecule has 0 radical (unpaired) electrons. The lowest BCUT2D eigenvalue weighted by atomic mass is 10.1. The van der Waals surface area contributed by atoms with Gasteiger partial charge in [-0.2, -0.15) is 0 Å². The first-order valence-electron chi connectivity index (χ1n) is 5.19. The predicted molar refractivity (Wildman–Crippen MR) is 55.0 cm³/mol. The van der Waals surface area contributed by atoms with Gasteiger partial charge in [0.25, 0.3) is 0 Å². The second kappa shape index (κ2) is 4.35. The molecule has 1 aliphatic heterocycles. The van der Waals surface area contributed by atoms with Crippen molar-refractivity contribution in [3.63, 3.8) is 0 Å². The van der Waals surface area contributed by atoms with Crippen molar-refractivity contribution >= 4 is 11.9 Å². The van der Waals surface area contributed by atoms with Crippen LogP contribution >= 0.6 is 0 Å². The van der Waals surface area contributed by atoms with E-state index in [2.05, 4.69) is 0 Å². The van der Waals surface area contributed by atoms with Crippen LogP contribution in [0.2, 0.25) is 0 Å². The van der Waals surface area contributed by atoms with E-state index in [0.29, 0.717) is 6.54 Å². The first kappa shape index (κ1) is 10.7. The van der Waals surface area contributed by atoms with Gasteiger partial charge >= 0.3 is 0 Å². The van der Waals surface area contributed by atoms with Crippen molar-refractivity contribution in [1.29, 1.82) is 0 Å². The third-order valence-electron chi connectivity index (χ3n) is 2.76. The summed E-state index contributed by atoms with van der Waals surface area (Å²) in [7, 11) is 0. The molecule has 1 amide bonds. The van der Waals surface area contributed by atoms with E-state index in [1.54, 1.807) is 4.90 Å². The van der Waals surface area contributed by atoms with Gasteiger partial charge in [-0.15, -0.1) is 0 Å². The second-order valence-electron chi connectivity index (χ2n) is 3.98. The van der Waals surface area contributed by atoms with Crippen LogP contribution in [0.5, 0.6) is 0 Å². The molecule has 4 nitrogen and oxygen atoms in total. The minimum atomic E-state index is -1.14. The Bertz CT molecular complexity index is 402. The number of amides is 1. The lowest BCUT2D eigenvalue weighted by Gasteiger charge is -2.16. The van der Waals surface area contributed by atoms with Gasteiger partial charge in [-0.25, -0.2) is 0 Å². The molecule has 84 valence electrons. The van der Waals surface area contributed by atoms with Gasteiger partial charge in [-0.05, 0) is 5.56 Å². The number of carboxylic acid groups (broad SMARTS) is 1. The molecule has 0 saturated carbocycles. The van der Waals surface area contributed by atoms with Crippen LogP contribution in [0.25, 0.3) is 0 Å². The van der Waals surface area contributed by atoms with Gasteiger partial charge in [0.15, 0.2) is 0 Å². The third kappa shape index (κ3) is 2.21. The zero-order valence-corrected chi connectivity index (χ0v) is 8.76. The topological polar surface area (TPSA) is 60.4 Å². The van der Waals surface area contributed by atoms with E-state index in [1.807, 2.05) is 30.3 Å². The molecule has 1 atom stereocenters. The van der Waals surface area contributed by atoms with Gasteiger partial charge < -0.3 is 14.8 Å². The van der Waals surface area contributed by atoms with Crippen molar-refractivity contribution in [1.82, 2.24) is 4.90 Å². The Morgan fingerprint density at radius 1 is 1.38 bits per heavy atom. The Labute approximate surface area is 93.5 Å². The maximum absolute atomic E-state index is 11.5. The lowest BCUT2D eigenvalue weighted by molar-refractivity contribution is -0.311. The molecule has 1 saturated heterocycles. The molecule has 0 aliphatic carbocycles. The molecule has 0 aromatic heterocycles.